The van der Waals surface area contributed by atoms with Crippen molar-refractivity contribution in [2.75, 3.05) is 32.7 Å². The monoisotopic (exact) mass is 339 g/mol. The first-order chi connectivity index (χ1) is 9.28. The number of carbonyl (C=O) groups is 1. The van der Waals surface area contributed by atoms with Crippen molar-refractivity contribution in [3.05, 3.63) is 0 Å². The lowest BCUT2D eigenvalue weighted by Gasteiger charge is -2.32. The normalized spacial score (nSPS) is 19.5. The molecule has 0 spiro atoms. The average Bonchev–Trinajstić information content (AvgIpc) is 3.22. The standard InChI is InChI=1S/C15H29N3O.2ClH/c1-2-3-8-18-9-6-14(7-10-18)17-15(19)12-16-11-13-4-5-13;;/h13-14,16H,2-12H2,1H3,(H,17,19);2*1H. The molecule has 4 nitrogen and oxygen atoms in total. The summed E-state index contributed by atoms with van der Waals surface area (Å²) >= 11 is 0. The van der Waals surface area contributed by atoms with Crippen LogP contribution in [0.5, 0.6) is 0 Å². The molecular formula is C15H31Cl2N3O. The van der Waals surface area contributed by atoms with Crippen LogP contribution in [0.15, 0.2) is 0 Å². The molecule has 0 aromatic rings. The van der Waals surface area contributed by atoms with Crippen molar-refractivity contribution in [1.82, 2.24) is 15.5 Å². The van der Waals surface area contributed by atoms with Gasteiger partial charge in [-0.3, -0.25) is 4.79 Å². The Morgan fingerprint density at radius 1 is 1.14 bits per heavy atom. The molecular weight excluding hydrogens is 309 g/mol. The number of rotatable bonds is 8. The Labute approximate surface area is 141 Å². The Hall–Kier alpha value is -0.0300. The van der Waals surface area contributed by atoms with Crippen molar-refractivity contribution < 1.29 is 4.79 Å². The van der Waals surface area contributed by atoms with Gasteiger partial charge in [0.2, 0.25) is 5.91 Å². The quantitative estimate of drug-likeness (QED) is 0.712. The summed E-state index contributed by atoms with van der Waals surface area (Å²) in [6.07, 6.45) is 7.46. The van der Waals surface area contributed by atoms with Crippen LogP contribution in [0.3, 0.4) is 0 Å². The predicted octanol–water partition coefficient (Wildman–Crippen LogP) is 2.21. The van der Waals surface area contributed by atoms with E-state index in [1.165, 1.54) is 32.2 Å². The lowest BCUT2D eigenvalue weighted by atomic mass is 10.0. The number of nitrogens with one attached hydrogen (secondary N) is 2. The number of likely N-dealkylation sites (tertiary alicyclic amines) is 1. The van der Waals surface area contributed by atoms with E-state index in [0.29, 0.717) is 12.6 Å². The Bertz CT molecular complexity index is 280. The van der Waals surface area contributed by atoms with Crippen LogP contribution in [-0.2, 0) is 4.79 Å². The zero-order chi connectivity index (χ0) is 13.5. The minimum atomic E-state index is 0. The highest BCUT2D eigenvalue weighted by molar-refractivity contribution is 5.85. The lowest BCUT2D eigenvalue weighted by molar-refractivity contribution is -0.121. The number of amides is 1. The van der Waals surface area contributed by atoms with Crippen LogP contribution in [0.25, 0.3) is 0 Å². The van der Waals surface area contributed by atoms with Crippen molar-refractivity contribution in [3.8, 4) is 0 Å². The van der Waals surface area contributed by atoms with Crippen molar-refractivity contribution in [3.63, 3.8) is 0 Å². The van der Waals surface area contributed by atoms with E-state index >= 15 is 0 Å². The zero-order valence-corrected chi connectivity index (χ0v) is 14.7. The zero-order valence-electron chi connectivity index (χ0n) is 13.1. The maximum atomic E-state index is 11.8. The number of unbranched alkanes of at least 4 members (excludes halogenated alkanes) is 1. The maximum Gasteiger partial charge on any atom is 0.234 e. The summed E-state index contributed by atoms with van der Waals surface area (Å²) in [7, 11) is 0. The molecule has 2 aliphatic rings. The lowest BCUT2D eigenvalue weighted by Crippen LogP contribution is -2.47. The van der Waals surface area contributed by atoms with Gasteiger partial charge in [0.15, 0.2) is 0 Å². The average molecular weight is 340 g/mol. The first-order valence-electron chi connectivity index (χ1n) is 8.00. The molecule has 0 atom stereocenters. The van der Waals surface area contributed by atoms with Gasteiger partial charge in [0.05, 0.1) is 6.54 Å². The van der Waals surface area contributed by atoms with E-state index in [-0.39, 0.29) is 30.7 Å². The molecule has 0 aromatic heterocycles. The fraction of sp³-hybridized carbons (Fsp3) is 0.933. The summed E-state index contributed by atoms with van der Waals surface area (Å²) < 4.78 is 0. The Morgan fingerprint density at radius 2 is 1.81 bits per heavy atom. The minimum Gasteiger partial charge on any atom is -0.352 e. The van der Waals surface area contributed by atoms with Gasteiger partial charge in [-0.05, 0) is 51.1 Å². The smallest absolute Gasteiger partial charge is 0.234 e. The molecule has 2 rings (SSSR count). The summed E-state index contributed by atoms with van der Waals surface area (Å²) in [5.74, 6) is 1.02. The van der Waals surface area contributed by atoms with Gasteiger partial charge in [0.25, 0.3) is 0 Å². The second-order valence-electron chi connectivity index (χ2n) is 6.11. The van der Waals surface area contributed by atoms with Crippen molar-refractivity contribution in [2.24, 2.45) is 5.92 Å². The molecule has 1 saturated heterocycles. The molecule has 1 heterocycles. The van der Waals surface area contributed by atoms with E-state index in [4.69, 9.17) is 0 Å². The second-order valence-corrected chi connectivity index (χ2v) is 6.11. The predicted molar refractivity (Wildman–Crippen MR) is 92.6 cm³/mol. The van der Waals surface area contributed by atoms with Crippen LogP contribution in [0.1, 0.15) is 45.4 Å². The number of carbonyl (C=O) groups excluding carboxylic acids is 1. The fourth-order valence-electron chi connectivity index (χ4n) is 2.67. The van der Waals surface area contributed by atoms with Gasteiger partial charge in [-0.15, -0.1) is 24.8 Å². The molecule has 126 valence electrons. The van der Waals surface area contributed by atoms with E-state index < -0.39 is 0 Å². The van der Waals surface area contributed by atoms with Crippen molar-refractivity contribution >= 4 is 30.7 Å². The van der Waals surface area contributed by atoms with Gasteiger partial charge in [-0.25, -0.2) is 0 Å². The molecule has 21 heavy (non-hydrogen) atoms. The van der Waals surface area contributed by atoms with E-state index in [1.807, 2.05) is 0 Å². The highest BCUT2D eigenvalue weighted by atomic mass is 35.5. The van der Waals surface area contributed by atoms with Gasteiger partial charge in [0.1, 0.15) is 0 Å². The van der Waals surface area contributed by atoms with E-state index in [9.17, 15) is 4.79 Å². The topological polar surface area (TPSA) is 44.4 Å². The summed E-state index contributed by atoms with van der Waals surface area (Å²) in [5, 5.41) is 6.41. The van der Waals surface area contributed by atoms with Crippen LogP contribution in [-0.4, -0.2) is 49.6 Å². The number of piperidine rings is 1. The van der Waals surface area contributed by atoms with Crippen LogP contribution in [0, 0.1) is 5.92 Å². The molecule has 0 radical (unpaired) electrons. The Balaban J connectivity index is 0.00000200. The SMILES string of the molecule is CCCCN1CCC(NC(=O)CNCC2CC2)CC1.Cl.Cl. The van der Waals surface area contributed by atoms with E-state index in [0.717, 1.165) is 38.4 Å². The number of nitrogens with zero attached hydrogens (tertiary/aromatic N) is 1. The molecule has 0 aromatic carbocycles. The highest BCUT2D eigenvalue weighted by Crippen LogP contribution is 2.27. The van der Waals surface area contributed by atoms with Gasteiger partial charge >= 0.3 is 0 Å². The summed E-state index contributed by atoms with van der Waals surface area (Å²) in [5.41, 5.74) is 0. The molecule has 1 aliphatic carbocycles. The second kappa shape index (κ2) is 11.5. The first-order valence-corrected chi connectivity index (χ1v) is 8.00. The van der Waals surface area contributed by atoms with Crippen LogP contribution >= 0.6 is 24.8 Å². The number of halogens is 2. The Morgan fingerprint density at radius 3 is 2.38 bits per heavy atom. The van der Waals surface area contributed by atoms with Gasteiger partial charge in [0, 0.05) is 19.1 Å². The van der Waals surface area contributed by atoms with E-state index in [1.54, 1.807) is 0 Å². The number of hydrogen-bond donors (Lipinski definition) is 2. The highest BCUT2D eigenvalue weighted by Gasteiger charge is 2.22. The van der Waals surface area contributed by atoms with Gasteiger partial charge in [-0.1, -0.05) is 13.3 Å². The fourth-order valence-corrected chi connectivity index (χ4v) is 2.67. The molecule has 1 amide bonds. The number of hydrogen-bond acceptors (Lipinski definition) is 3. The molecule has 2 fully saturated rings. The molecule has 0 unspecified atom stereocenters. The molecule has 6 heteroatoms. The minimum absolute atomic E-state index is 0. The van der Waals surface area contributed by atoms with Crippen molar-refractivity contribution in [2.45, 2.75) is 51.5 Å². The summed E-state index contributed by atoms with van der Waals surface area (Å²) in [6.45, 7) is 7.25. The van der Waals surface area contributed by atoms with Crippen LogP contribution in [0.2, 0.25) is 0 Å². The van der Waals surface area contributed by atoms with E-state index in [2.05, 4.69) is 22.5 Å². The first kappa shape index (κ1) is 21.0. The molecule has 2 N–H and O–H groups in total. The third-order valence-electron chi connectivity index (χ3n) is 4.20. The van der Waals surface area contributed by atoms with Crippen LogP contribution in [0.4, 0.5) is 0 Å². The van der Waals surface area contributed by atoms with Crippen molar-refractivity contribution in [1.29, 1.82) is 0 Å². The molecule has 1 aliphatic heterocycles. The van der Waals surface area contributed by atoms with Gasteiger partial charge < -0.3 is 15.5 Å². The maximum absolute atomic E-state index is 11.8. The summed E-state index contributed by atoms with van der Waals surface area (Å²) in [6, 6.07) is 0.396. The van der Waals surface area contributed by atoms with Gasteiger partial charge in [-0.2, -0.15) is 0 Å². The summed E-state index contributed by atoms with van der Waals surface area (Å²) in [4.78, 5) is 14.3. The molecule has 1 saturated carbocycles. The third-order valence-corrected chi connectivity index (χ3v) is 4.20. The molecule has 0 bridgehead atoms. The largest absolute Gasteiger partial charge is 0.352 e. The third kappa shape index (κ3) is 8.87. The van der Waals surface area contributed by atoms with Crippen LogP contribution < -0.4 is 10.6 Å². The Kier molecular flexibility index (Phi) is 11.5.